The highest BCUT2D eigenvalue weighted by Crippen LogP contribution is 2.20. The van der Waals surface area contributed by atoms with E-state index < -0.39 is 0 Å². The van der Waals surface area contributed by atoms with E-state index in [-0.39, 0.29) is 11.6 Å². The number of nitrogens with one attached hydrogen (secondary N) is 1. The molecule has 0 aliphatic heterocycles. The zero-order chi connectivity index (χ0) is 15.6. The topological polar surface area (TPSA) is 68.5 Å². The van der Waals surface area contributed by atoms with Crippen LogP contribution in [0.1, 0.15) is 40.2 Å². The van der Waals surface area contributed by atoms with Crippen molar-refractivity contribution in [2.45, 2.75) is 46.7 Å². The molecule has 0 aromatic carbocycles. The Bertz CT molecular complexity index is 727. The molecule has 1 atom stereocenters. The molecule has 2 aromatic rings. The monoisotopic (exact) mass is 307 g/mol. The Morgan fingerprint density at radius 3 is 2.67 bits per heavy atom. The summed E-state index contributed by atoms with van der Waals surface area (Å²) in [6.07, 6.45) is 0.937. The quantitative estimate of drug-likeness (QED) is 0.862. The van der Waals surface area contributed by atoms with Gasteiger partial charge >= 0.3 is 0 Å². The van der Waals surface area contributed by atoms with Crippen molar-refractivity contribution >= 4 is 12.2 Å². The first-order chi connectivity index (χ1) is 9.93. The van der Waals surface area contributed by atoms with Crippen molar-refractivity contribution in [2.24, 2.45) is 5.92 Å². The molecule has 0 saturated carbocycles. The van der Waals surface area contributed by atoms with Crippen LogP contribution >= 0.6 is 12.2 Å². The van der Waals surface area contributed by atoms with E-state index >= 15 is 0 Å². The summed E-state index contributed by atoms with van der Waals surface area (Å²) >= 11 is 5.29. The zero-order valence-corrected chi connectivity index (χ0v) is 13.6. The van der Waals surface area contributed by atoms with Crippen LogP contribution in [0, 0.1) is 10.7 Å². The van der Waals surface area contributed by atoms with Crippen molar-refractivity contribution in [3.63, 3.8) is 0 Å². The summed E-state index contributed by atoms with van der Waals surface area (Å²) < 4.78 is 4.00. The van der Waals surface area contributed by atoms with Gasteiger partial charge in [0.2, 0.25) is 0 Å². The number of hydrogen-bond acceptors (Lipinski definition) is 4. The summed E-state index contributed by atoms with van der Waals surface area (Å²) in [7, 11) is 0. The molecule has 1 N–H and O–H groups in total. The highest BCUT2D eigenvalue weighted by atomic mass is 32.1. The molecule has 1 unspecified atom stereocenters. The Hall–Kier alpha value is -1.76. The molecule has 7 heteroatoms. The van der Waals surface area contributed by atoms with E-state index in [1.165, 1.54) is 10.7 Å². The lowest BCUT2D eigenvalue weighted by Gasteiger charge is -2.14. The van der Waals surface area contributed by atoms with E-state index in [4.69, 9.17) is 12.2 Å². The van der Waals surface area contributed by atoms with Gasteiger partial charge in [0.05, 0.1) is 0 Å². The molecule has 0 saturated heterocycles. The predicted molar refractivity (Wildman–Crippen MR) is 84.7 cm³/mol. The molecular weight excluding hydrogens is 286 g/mol. The van der Waals surface area contributed by atoms with Crippen molar-refractivity contribution in [1.29, 1.82) is 0 Å². The van der Waals surface area contributed by atoms with Gasteiger partial charge in [-0.3, -0.25) is 14.5 Å². The molecule has 2 rings (SSSR count). The minimum absolute atomic E-state index is 0.100. The third kappa shape index (κ3) is 3.29. The summed E-state index contributed by atoms with van der Waals surface area (Å²) in [5, 5.41) is 11.5. The number of H-pyrrole nitrogens is 1. The van der Waals surface area contributed by atoms with Gasteiger partial charge in [-0.1, -0.05) is 20.8 Å². The Kier molecular flexibility index (Phi) is 4.72. The standard InChI is InChI=1S/C14H21N5OS/c1-5-10(4)19-13(15-16-14(19)21)11-6-7-12(20)18(17-11)8-9(2)3/h6-7,9-10H,5,8H2,1-4H3,(H,16,21). The van der Waals surface area contributed by atoms with Crippen LogP contribution in [0.4, 0.5) is 0 Å². The van der Waals surface area contributed by atoms with Crippen molar-refractivity contribution in [1.82, 2.24) is 24.5 Å². The molecule has 0 aliphatic carbocycles. The summed E-state index contributed by atoms with van der Waals surface area (Å²) in [6, 6.07) is 3.45. The van der Waals surface area contributed by atoms with Crippen LogP contribution in [0.3, 0.4) is 0 Å². The summed E-state index contributed by atoms with van der Waals surface area (Å²) in [4.78, 5) is 11.9. The fourth-order valence-electron chi connectivity index (χ4n) is 2.12. The fourth-order valence-corrected chi connectivity index (χ4v) is 2.43. The Morgan fingerprint density at radius 2 is 2.05 bits per heavy atom. The maximum atomic E-state index is 11.9. The first-order valence-corrected chi connectivity index (χ1v) is 7.60. The molecule has 2 aromatic heterocycles. The molecule has 0 bridgehead atoms. The number of rotatable bonds is 5. The molecule has 0 fully saturated rings. The first-order valence-electron chi connectivity index (χ1n) is 7.19. The summed E-state index contributed by atoms with van der Waals surface area (Å²) in [6.45, 7) is 8.86. The van der Waals surface area contributed by atoms with E-state index in [0.29, 0.717) is 28.8 Å². The normalized spacial score (nSPS) is 12.8. The van der Waals surface area contributed by atoms with Gasteiger partial charge < -0.3 is 0 Å². The van der Waals surface area contributed by atoms with Crippen LogP contribution in [-0.2, 0) is 6.54 Å². The van der Waals surface area contributed by atoms with Gasteiger partial charge in [0.15, 0.2) is 10.6 Å². The SMILES string of the molecule is CCC(C)n1c(-c2ccc(=O)n(CC(C)C)n2)n[nH]c1=S. The number of nitrogens with zero attached hydrogens (tertiary/aromatic N) is 4. The lowest BCUT2D eigenvalue weighted by molar-refractivity contribution is 0.463. The Balaban J connectivity index is 2.53. The summed E-state index contributed by atoms with van der Waals surface area (Å²) in [5.74, 6) is 1.02. The molecule has 2 heterocycles. The van der Waals surface area contributed by atoms with E-state index in [1.807, 2.05) is 4.57 Å². The van der Waals surface area contributed by atoms with Crippen LogP contribution in [0.5, 0.6) is 0 Å². The van der Waals surface area contributed by atoms with Gasteiger partial charge in [-0.25, -0.2) is 4.68 Å². The van der Waals surface area contributed by atoms with Gasteiger partial charge in [0, 0.05) is 18.7 Å². The second kappa shape index (κ2) is 6.34. The van der Waals surface area contributed by atoms with Gasteiger partial charge in [0.25, 0.3) is 5.56 Å². The molecule has 0 aliphatic rings. The second-order valence-corrected chi connectivity index (χ2v) is 6.00. The number of aromatic amines is 1. The molecule has 6 nitrogen and oxygen atoms in total. The maximum absolute atomic E-state index is 11.9. The maximum Gasteiger partial charge on any atom is 0.266 e. The highest BCUT2D eigenvalue weighted by Gasteiger charge is 2.15. The zero-order valence-electron chi connectivity index (χ0n) is 12.8. The molecular formula is C14H21N5OS. The molecule has 0 radical (unpaired) electrons. The van der Waals surface area contributed by atoms with E-state index in [1.54, 1.807) is 6.07 Å². The minimum atomic E-state index is -0.100. The average Bonchev–Trinajstić information content (AvgIpc) is 2.82. The molecule has 114 valence electrons. The number of aromatic nitrogens is 5. The van der Waals surface area contributed by atoms with Gasteiger partial charge in [0.1, 0.15) is 5.69 Å². The lowest BCUT2D eigenvalue weighted by atomic mass is 10.2. The third-order valence-corrected chi connectivity index (χ3v) is 3.66. The van der Waals surface area contributed by atoms with Crippen LogP contribution in [0.2, 0.25) is 0 Å². The van der Waals surface area contributed by atoms with E-state index in [9.17, 15) is 4.79 Å². The molecule has 21 heavy (non-hydrogen) atoms. The highest BCUT2D eigenvalue weighted by molar-refractivity contribution is 7.71. The number of hydrogen-bond donors (Lipinski definition) is 1. The van der Waals surface area contributed by atoms with Crippen molar-refractivity contribution in [3.8, 4) is 11.5 Å². The Labute approximate surface area is 128 Å². The summed E-state index contributed by atoms with van der Waals surface area (Å²) in [5.41, 5.74) is 0.555. The van der Waals surface area contributed by atoms with Gasteiger partial charge in [-0.2, -0.15) is 10.2 Å². The van der Waals surface area contributed by atoms with Crippen LogP contribution in [0.25, 0.3) is 11.5 Å². The predicted octanol–water partition coefficient (Wildman–Crippen LogP) is 2.79. The Morgan fingerprint density at radius 1 is 1.33 bits per heavy atom. The van der Waals surface area contributed by atoms with Crippen LogP contribution in [-0.4, -0.2) is 24.5 Å². The smallest absolute Gasteiger partial charge is 0.266 e. The first kappa shape index (κ1) is 15.6. The molecule has 0 spiro atoms. The largest absolute Gasteiger partial charge is 0.296 e. The molecule has 0 amide bonds. The second-order valence-electron chi connectivity index (χ2n) is 5.61. The fraction of sp³-hybridized carbons (Fsp3) is 0.571. The minimum Gasteiger partial charge on any atom is -0.296 e. The van der Waals surface area contributed by atoms with E-state index in [0.717, 1.165) is 6.42 Å². The van der Waals surface area contributed by atoms with Crippen LogP contribution in [0.15, 0.2) is 16.9 Å². The van der Waals surface area contributed by atoms with Gasteiger partial charge in [-0.15, -0.1) is 0 Å². The average molecular weight is 307 g/mol. The third-order valence-electron chi connectivity index (χ3n) is 3.37. The van der Waals surface area contributed by atoms with E-state index in [2.05, 4.69) is 43.0 Å². The lowest BCUT2D eigenvalue weighted by Crippen LogP contribution is -2.25. The van der Waals surface area contributed by atoms with Crippen molar-refractivity contribution in [3.05, 3.63) is 27.3 Å². The van der Waals surface area contributed by atoms with Crippen LogP contribution < -0.4 is 5.56 Å². The van der Waals surface area contributed by atoms with Gasteiger partial charge in [-0.05, 0) is 37.5 Å². The van der Waals surface area contributed by atoms with Crippen molar-refractivity contribution < 1.29 is 0 Å². The van der Waals surface area contributed by atoms with Crippen molar-refractivity contribution in [2.75, 3.05) is 0 Å².